The SMILES string of the molecule is COc1ccc(C2/C(=C(/O)c3ccc(C)cc3)C(=O)C(=O)N2Cc2ccco2)cc1. The highest BCUT2D eigenvalue weighted by molar-refractivity contribution is 6.46. The number of rotatable bonds is 5. The zero-order chi connectivity index (χ0) is 21.3. The van der Waals surface area contributed by atoms with E-state index >= 15 is 0 Å². The number of benzene rings is 2. The maximum absolute atomic E-state index is 13.0. The molecule has 0 spiro atoms. The van der Waals surface area contributed by atoms with Gasteiger partial charge in [-0.2, -0.15) is 0 Å². The van der Waals surface area contributed by atoms with E-state index in [4.69, 9.17) is 9.15 Å². The van der Waals surface area contributed by atoms with Gasteiger partial charge >= 0.3 is 0 Å². The summed E-state index contributed by atoms with van der Waals surface area (Å²) >= 11 is 0. The molecule has 1 N–H and O–H groups in total. The summed E-state index contributed by atoms with van der Waals surface area (Å²) in [4.78, 5) is 27.3. The van der Waals surface area contributed by atoms with Gasteiger partial charge in [0, 0.05) is 5.56 Å². The van der Waals surface area contributed by atoms with Crippen LogP contribution in [0.5, 0.6) is 5.75 Å². The van der Waals surface area contributed by atoms with Gasteiger partial charge in [-0.15, -0.1) is 0 Å². The monoisotopic (exact) mass is 403 g/mol. The van der Waals surface area contributed by atoms with Crippen LogP contribution in [0.15, 0.2) is 76.9 Å². The van der Waals surface area contributed by atoms with Gasteiger partial charge in [-0.3, -0.25) is 9.59 Å². The van der Waals surface area contributed by atoms with E-state index in [1.807, 2.05) is 19.1 Å². The molecule has 0 bridgehead atoms. The second-order valence-corrected chi connectivity index (χ2v) is 7.15. The Morgan fingerprint density at radius 1 is 1.07 bits per heavy atom. The third kappa shape index (κ3) is 3.48. The number of methoxy groups -OCH3 is 1. The van der Waals surface area contributed by atoms with Crippen LogP contribution in [-0.4, -0.2) is 28.8 Å². The van der Waals surface area contributed by atoms with Crippen molar-refractivity contribution < 1.29 is 23.8 Å². The zero-order valence-corrected chi connectivity index (χ0v) is 16.7. The number of ketones is 1. The summed E-state index contributed by atoms with van der Waals surface area (Å²) in [6.45, 7) is 2.04. The van der Waals surface area contributed by atoms with Gasteiger partial charge in [-0.05, 0) is 36.8 Å². The van der Waals surface area contributed by atoms with Crippen molar-refractivity contribution in [1.82, 2.24) is 4.90 Å². The molecule has 1 amide bonds. The Kier molecular flexibility index (Phi) is 5.14. The van der Waals surface area contributed by atoms with Gasteiger partial charge < -0.3 is 19.2 Å². The van der Waals surface area contributed by atoms with Crippen LogP contribution >= 0.6 is 0 Å². The van der Waals surface area contributed by atoms with Crippen molar-refractivity contribution >= 4 is 17.4 Å². The summed E-state index contributed by atoms with van der Waals surface area (Å²) in [7, 11) is 1.56. The van der Waals surface area contributed by atoms with Crippen molar-refractivity contribution in [2.45, 2.75) is 19.5 Å². The van der Waals surface area contributed by atoms with E-state index in [1.165, 1.54) is 11.2 Å². The van der Waals surface area contributed by atoms with Crippen molar-refractivity contribution in [3.8, 4) is 5.75 Å². The van der Waals surface area contributed by atoms with E-state index in [0.29, 0.717) is 22.6 Å². The molecular formula is C24H21NO5. The maximum Gasteiger partial charge on any atom is 0.296 e. The number of amides is 1. The fourth-order valence-corrected chi connectivity index (χ4v) is 3.61. The summed E-state index contributed by atoms with van der Waals surface area (Å²) in [5.74, 6) is -0.400. The standard InChI is InChI=1S/C24H21NO5/c1-15-5-7-17(8-6-15)22(26)20-21(16-9-11-18(29-2)12-10-16)25(24(28)23(20)27)14-19-4-3-13-30-19/h3-13,21,26H,14H2,1-2H3/b22-20-. The molecule has 2 heterocycles. The molecule has 1 aliphatic rings. The first-order valence-electron chi connectivity index (χ1n) is 9.51. The molecule has 6 heteroatoms. The Labute approximate surface area is 174 Å². The summed E-state index contributed by atoms with van der Waals surface area (Å²) in [5, 5.41) is 11.0. The van der Waals surface area contributed by atoms with Gasteiger partial charge in [-0.1, -0.05) is 42.0 Å². The quantitative estimate of drug-likeness (QED) is 0.392. The number of carbonyl (C=O) groups is 2. The first-order valence-corrected chi connectivity index (χ1v) is 9.51. The highest BCUT2D eigenvalue weighted by atomic mass is 16.5. The van der Waals surface area contributed by atoms with Crippen LogP contribution in [0.4, 0.5) is 0 Å². The lowest BCUT2D eigenvalue weighted by Crippen LogP contribution is -2.29. The molecule has 4 rings (SSSR count). The number of ether oxygens (including phenoxy) is 1. The molecule has 1 fully saturated rings. The normalized spacial score (nSPS) is 18.1. The molecule has 2 aromatic carbocycles. The van der Waals surface area contributed by atoms with Crippen LogP contribution in [0.2, 0.25) is 0 Å². The first kappa shape index (κ1) is 19.5. The molecule has 0 aliphatic carbocycles. The van der Waals surface area contributed by atoms with Gasteiger partial charge in [0.2, 0.25) is 0 Å². The topological polar surface area (TPSA) is 80.0 Å². The smallest absolute Gasteiger partial charge is 0.296 e. The predicted molar refractivity (Wildman–Crippen MR) is 111 cm³/mol. The summed E-state index contributed by atoms with van der Waals surface area (Å²) in [6, 6.07) is 17.0. The van der Waals surface area contributed by atoms with E-state index in [9.17, 15) is 14.7 Å². The minimum atomic E-state index is -0.748. The van der Waals surface area contributed by atoms with Crippen LogP contribution in [0.1, 0.15) is 28.5 Å². The van der Waals surface area contributed by atoms with Crippen molar-refractivity contribution in [3.05, 3.63) is 95.0 Å². The van der Waals surface area contributed by atoms with Crippen LogP contribution < -0.4 is 4.74 Å². The van der Waals surface area contributed by atoms with Gasteiger partial charge in [0.1, 0.15) is 17.3 Å². The molecule has 0 saturated carbocycles. The fraction of sp³-hybridized carbons (Fsp3) is 0.167. The number of carbonyl (C=O) groups excluding carboxylic acids is 2. The second kappa shape index (κ2) is 7.91. The van der Waals surface area contributed by atoms with Gasteiger partial charge in [0.05, 0.1) is 31.5 Å². The minimum Gasteiger partial charge on any atom is -0.507 e. The number of aliphatic hydroxyl groups is 1. The highest BCUT2D eigenvalue weighted by Gasteiger charge is 2.46. The number of aryl methyl sites for hydroxylation is 1. The Morgan fingerprint density at radius 3 is 2.37 bits per heavy atom. The minimum absolute atomic E-state index is 0.0561. The average molecular weight is 403 g/mol. The first-order chi connectivity index (χ1) is 14.5. The molecule has 0 radical (unpaired) electrons. The number of hydrogen-bond acceptors (Lipinski definition) is 5. The van der Waals surface area contributed by atoms with Crippen molar-refractivity contribution in [1.29, 1.82) is 0 Å². The molecule has 1 aliphatic heterocycles. The molecule has 1 atom stereocenters. The zero-order valence-electron chi connectivity index (χ0n) is 16.7. The number of nitrogens with zero attached hydrogens (tertiary/aromatic N) is 1. The Hall–Kier alpha value is -3.80. The van der Waals surface area contributed by atoms with Crippen LogP contribution in [0.25, 0.3) is 5.76 Å². The molecule has 1 saturated heterocycles. The molecule has 152 valence electrons. The molecule has 3 aromatic rings. The largest absolute Gasteiger partial charge is 0.507 e. The lowest BCUT2D eigenvalue weighted by molar-refractivity contribution is -0.140. The number of furan rings is 1. The Bertz CT molecular complexity index is 1100. The summed E-state index contributed by atoms with van der Waals surface area (Å²) in [5.41, 5.74) is 2.25. The molecule has 1 aromatic heterocycles. The van der Waals surface area contributed by atoms with E-state index in [2.05, 4.69) is 0 Å². The number of hydrogen-bond donors (Lipinski definition) is 1. The lowest BCUT2D eigenvalue weighted by Gasteiger charge is -2.24. The van der Waals surface area contributed by atoms with Crippen LogP contribution in [-0.2, 0) is 16.1 Å². The van der Waals surface area contributed by atoms with E-state index in [1.54, 1.807) is 55.6 Å². The van der Waals surface area contributed by atoms with Crippen molar-refractivity contribution in [2.75, 3.05) is 7.11 Å². The van der Waals surface area contributed by atoms with E-state index in [-0.39, 0.29) is 17.9 Å². The van der Waals surface area contributed by atoms with Gasteiger partial charge in [0.25, 0.3) is 11.7 Å². The predicted octanol–water partition coefficient (Wildman–Crippen LogP) is 4.22. The van der Waals surface area contributed by atoms with Crippen LogP contribution in [0, 0.1) is 6.92 Å². The molecule has 1 unspecified atom stereocenters. The van der Waals surface area contributed by atoms with E-state index in [0.717, 1.165) is 5.56 Å². The number of aliphatic hydroxyl groups excluding tert-OH is 1. The van der Waals surface area contributed by atoms with Crippen molar-refractivity contribution in [3.63, 3.8) is 0 Å². The third-order valence-electron chi connectivity index (χ3n) is 5.20. The Balaban J connectivity index is 1.85. The summed E-state index contributed by atoms with van der Waals surface area (Å²) < 4.78 is 10.6. The lowest BCUT2D eigenvalue weighted by atomic mass is 9.95. The third-order valence-corrected chi connectivity index (χ3v) is 5.20. The average Bonchev–Trinajstić information content (AvgIpc) is 3.36. The number of likely N-dealkylation sites (tertiary alicyclic amines) is 1. The molecule has 6 nitrogen and oxygen atoms in total. The number of Topliss-reactive ketones (excluding diaryl/α,β-unsaturated/α-hetero) is 1. The molecule has 30 heavy (non-hydrogen) atoms. The van der Waals surface area contributed by atoms with Gasteiger partial charge in [0.15, 0.2) is 0 Å². The van der Waals surface area contributed by atoms with Crippen molar-refractivity contribution in [2.24, 2.45) is 0 Å². The maximum atomic E-state index is 13.0. The molecular weight excluding hydrogens is 382 g/mol. The fourth-order valence-electron chi connectivity index (χ4n) is 3.61. The second-order valence-electron chi connectivity index (χ2n) is 7.15. The summed E-state index contributed by atoms with van der Waals surface area (Å²) in [6.07, 6.45) is 1.51. The van der Waals surface area contributed by atoms with Crippen LogP contribution in [0.3, 0.4) is 0 Å². The Morgan fingerprint density at radius 2 is 1.77 bits per heavy atom. The van der Waals surface area contributed by atoms with E-state index < -0.39 is 17.7 Å². The highest BCUT2D eigenvalue weighted by Crippen LogP contribution is 2.40. The van der Waals surface area contributed by atoms with Gasteiger partial charge in [-0.25, -0.2) is 0 Å².